The van der Waals surface area contributed by atoms with Crippen molar-refractivity contribution >= 4 is 22.9 Å². The van der Waals surface area contributed by atoms with Crippen LogP contribution in [-0.2, 0) is 6.54 Å². The molecule has 1 aromatic rings. The summed E-state index contributed by atoms with van der Waals surface area (Å²) < 4.78 is 0.856. The van der Waals surface area contributed by atoms with E-state index in [-0.39, 0.29) is 11.5 Å². The fourth-order valence-electron chi connectivity index (χ4n) is 2.61. The molecule has 1 unspecified atom stereocenters. The lowest BCUT2D eigenvalue weighted by molar-refractivity contribution is 0.121. The Bertz CT molecular complexity index is 377. The van der Waals surface area contributed by atoms with E-state index in [1.54, 1.807) is 11.3 Å². The van der Waals surface area contributed by atoms with E-state index >= 15 is 0 Å². The SMILES string of the molecule is CC1(C)CC(O)CCN(Cc2ccc(Cl)s2)C1. The van der Waals surface area contributed by atoms with E-state index in [2.05, 4.69) is 24.8 Å². The topological polar surface area (TPSA) is 23.5 Å². The van der Waals surface area contributed by atoms with Crippen molar-refractivity contribution in [2.75, 3.05) is 13.1 Å². The molecule has 1 aliphatic rings. The van der Waals surface area contributed by atoms with Crippen LogP contribution in [0.1, 0.15) is 31.6 Å². The summed E-state index contributed by atoms with van der Waals surface area (Å²) in [6.45, 7) is 7.43. The molecule has 0 bridgehead atoms. The molecule has 0 saturated carbocycles. The molecule has 0 spiro atoms. The Balaban J connectivity index is 2.00. The Kier molecular flexibility index (Phi) is 4.14. The molecule has 1 fully saturated rings. The average Bonchev–Trinajstić information content (AvgIpc) is 2.53. The maximum Gasteiger partial charge on any atom is 0.0931 e. The van der Waals surface area contributed by atoms with E-state index < -0.39 is 0 Å². The molecular formula is C13H20ClNOS. The van der Waals surface area contributed by atoms with Gasteiger partial charge in [-0.05, 0) is 30.4 Å². The minimum Gasteiger partial charge on any atom is -0.393 e. The van der Waals surface area contributed by atoms with Crippen LogP contribution in [0.2, 0.25) is 4.34 Å². The van der Waals surface area contributed by atoms with E-state index in [9.17, 15) is 5.11 Å². The van der Waals surface area contributed by atoms with Gasteiger partial charge in [0.25, 0.3) is 0 Å². The normalized spacial score (nSPS) is 25.8. The molecule has 2 nitrogen and oxygen atoms in total. The summed E-state index contributed by atoms with van der Waals surface area (Å²) in [5, 5.41) is 9.87. The molecule has 4 heteroatoms. The second-order valence-corrected chi connectivity index (χ2v) is 7.53. The number of hydrogen-bond donors (Lipinski definition) is 1. The standard InChI is InChI=1S/C13H20ClNOS/c1-13(2)7-10(16)5-6-15(9-13)8-11-3-4-12(14)17-11/h3-4,10,16H,5-9H2,1-2H3. The third kappa shape index (κ3) is 3.95. The summed E-state index contributed by atoms with van der Waals surface area (Å²) in [6.07, 6.45) is 1.62. The highest BCUT2D eigenvalue weighted by atomic mass is 35.5. The van der Waals surface area contributed by atoms with E-state index in [1.807, 2.05) is 6.07 Å². The smallest absolute Gasteiger partial charge is 0.0931 e. The van der Waals surface area contributed by atoms with E-state index in [4.69, 9.17) is 11.6 Å². The first-order valence-corrected chi connectivity index (χ1v) is 7.29. The van der Waals surface area contributed by atoms with Crippen LogP contribution < -0.4 is 0 Å². The summed E-state index contributed by atoms with van der Waals surface area (Å²) in [5.74, 6) is 0. The molecule has 1 aliphatic heterocycles. The zero-order chi connectivity index (χ0) is 12.5. The van der Waals surface area contributed by atoms with Crippen LogP contribution in [0.25, 0.3) is 0 Å². The number of hydrogen-bond acceptors (Lipinski definition) is 3. The first-order chi connectivity index (χ1) is 7.94. The number of aliphatic hydroxyl groups excluding tert-OH is 1. The van der Waals surface area contributed by atoms with Gasteiger partial charge in [0.1, 0.15) is 0 Å². The number of rotatable bonds is 2. The van der Waals surface area contributed by atoms with Crippen molar-refractivity contribution in [1.82, 2.24) is 4.90 Å². The van der Waals surface area contributed by atoms with E-state index in [1.165, 1.54) is 4.88 Å². The van der Waals surface area contributed by atoms with Crippen LogP contribution in [0.15, 0.2) is 12.1 Å². The van der Waals surface area contributed by atoms with Crippen molar-refractivity contribution in [2.45, 2.75) is 39.3 Å². The van der Waals surface area contributed by atoms with Gasteiger partial charge in [-0.25, -0.2) is 0 Å². The number of thiophene rings is 1. The largest absolute Gasteiger partial charge is 0.393 e. The van der Waals surface area contributed by atoms with Crippen molar-refractivity contribution < 1.29 is 5.11 Å². The van der Waals surface area contributed by atoms with Gasteiger partial charge < -0.3 is 5.11 Å². The van der Waals surface area contributed by atoms with Crippen molar-refractivity contribution in [1.29, 1.82) is 0 Å². The summed E-state index contributed by atoms with van der Waals surface area (Å²) in [5.41, 5.74) is 0.191. The molecule has 2 heterocycles. The second-order valence-electron chi connectivity index (χ2n) is 5.73. The number of nitrogens with zero attached hydrogens (tertiary/aromatic N) is 1. The summed E-state index contributed by atoms with van der Waals surface area (Å²) in [4.78, 5) is 3.74. The monoisotopic (exact) mass is 273 g/mol. The highest BCUT2D eigenvalue weighted by Gasteiger charge is 2.29. The maximum atomic E-state index is 9.87. The van der Waals surface area contributed by atoms with Crippen molar-refractivity contribution in [2.24, 2.45) is 5.41 Å². The summed E-state index contributed by atoms with van der Waals surface area (Å²) in [7, 11) is 0. The Hall–Kier alpha value is -0.0900. The number of aliphatic hydroxyl groups is 1. The molecule has 0 aliphatic carbocycles. The minimum absolute atomic E-state index is 0.151. The molecule has 1 aromatic heterocycles. The highest BCUT2D eigenvalue weighted by molar-refractivity contribution is 7.16. The summed E-state index contributed by atoms with van der Waals surface area (Å²) in [6, 6.07) is 4.06. The van der Waals surface area contributed by atoms with Gasteiger partial charge >= 0.3 is 0 Å². The lowest BCUT2D eigenvalue weighted by Gasteiger charge is -2.29. The quantitative estimate of drug-likeness (QED) is 0.893. The average molecular weight is 274 g/mol. The van der Waals surface area contributed by atoms with Gasteiger partial charge in [0.05, 0.1) is 10.4 Å². The molecule has 2 rings (SSSR count). The molecule has 1 N–H and O–H groups in total. The van der Waals surface area contributed by atoms with E-state index in [0.717, 1.165) is 36.8 Å². The van der Waals surface area contributed by atoms with Gasteiger partial charge in [-0.15, -0.1) is 11.3 Å². The number of likely N-dealkylation sites (tertiary alicyclic amines) is 1. The van der Waals surface area contributed by atoms with Crippen LogP contribution >= 0.6 is 22.9 Å². The van der Waals surface area contributed by atoms with Gasteiger partial charge in [0.2, 0.25) is 0 Å². The van der Waals surface area contributed by atoms with Gasteiger partial charge in [0, 0.05) is 24.5 Å². The van der Waals surface area contributed by atoms with Crippen molar-refractivity contribution in [3.8, 4) is 0 Å². The Morgan fingerprint density at radius 2 is 2.29 bits per heavy atom. The zero-order valence-electron chi connectivity index (χ0n) is 10.4. The lowest BCUT2D eigenvalue weighted by Crippen LogP contribution is -2.32. The predicted molar refractivity (Wildman–Crippen MR) is 73.6 cm³/mol. The van der Waals surface area contributed by atoms with Crippen molar-refractivity contribution in [3.05, 3.63) is 21.3 Å². The maximum absolute atomic E-state index is 9.87. The lowest BCUT2D eigenvalue weighted by atomic mass is 9.87. The molecule has 0 aromatic carbocycles. The van der Waals surface area contributed by atoms with Gasteiger partial charge in [-0.2, -0.15) is 0 Å². The molecule has 0 radical (unpaired) electrons. The highest BCUT2D eigenvalue weighted by Crippen LogP contribution is 2.30. The third-order valence-corrected chi connectivity index (χ3v) is 4.44. The van der Waals surface area contributed by atoms with Crippen LogP contribution in [0.3, 0.4) is 0 Å². The second kappa shape index (κ2) is 5.27. The number of halogens is 1. The van der Waals surface area contributed by atoms with Crippen LogP contribution in [0.5, 0.6) is 0 Å². The van der Waals surface area contributed by atoms with Crippen molar-refractivity contribution in [3.63, 3.8) is 0 Å². The van der Waals surface area contributed by atoms with Crippen LogP contribution in [0.4, 0.5) is 0 Å². The zero-order valence-corrected chi connectivity index (χ0v) is 12.0. The predicted octanol–water partition coefficient (Wildman–Crippen LogP) is 3.38. The van der Waals surface area contributed by atoms with Gasteiger partial charge in [0.15, 0.2) is 0 Å². The first-order valence-electron chi connectivity index (χ1n) is 6.09. The molecule has 17 heavy (non-hydrogen) atoms. The van der Waals surface area contributed by atoms with Crippen LogP contribution in [0, 0.1) is 5.41 Å². The molecule has 0 amide bonds. The summed E-state index contributed by atoms with van der Waals surface area (Å²) >= 11 is 7.60. The van der Waals surface area contributed by atoms with Gasteiger partial charge in [-0.1, -0.05) is 25.4 Å². The third-order valence-electron chi connectivity index (χ3n) is 3.23. The first kappa shape index (κ1) is 13.3. The van der Waals surface area contributed by atoms with E-state index in [0.29, 0.717) is 0 Å². The molecule has 1 saturated heterocycles. The van der Waals surface area contributed by atoms with Crippen LogP contribution in [-0.4, -0.2) is 29.2 Å². The minimum atomic E-state index is -0.151. The Labute approximate surface area is 112 Å². The van der Waals surface area contributed by atoms with Gasteiger partial charge in [-0.3, -0.25) is 4.90 Å². The Morgan fingerprint density at radius 1 is 1.53 bits per heavy atom. The Morgan fingerprint density at radius 3 is 2.94 bits per heavy atom. The fraction of sp³-hybridized carbons (Fsp3) is 0.692. The molecule has 1 atom stereocenters. The fourth-order valence-corrected chi connectivity index (χ4v) is 3.74. The molecular weight excluding hydrogens is 254 g/mol. The molecule has 96 valence electrons.